The van der Waals surface area contributed by atoms with Crippen LogP contribution in [0.1, 0.15) is 15.9 Å². The molecule has 0 aliphatic carbocycles. The van der Waals surface area contributed by atoms with E-state index in [9.17, 15) is 4.79 Å². The van der Waals surface area contributed by atoms with Gasteiger partial charge in [-0.25, -0.2) is 0 Å². The van der Waals surface area contributed by atoms with Gasteiger partial charge in [0.15, 0.2) is 0 Å². The molecule has 0 aliphatic heterocycles. The van der Waals surface area contributed by atoms with Gasteiger partial charge in [-0.2, -0.15) is 0 Å². The van der Waals surface area contributed by atoms with Crippen LogP contribution in [0.15, 0.2) is 48.5 Å². The topological polar surface area (TPSA) is 35.6 Å². The lowest BCUT2D eigenvalue weighted by atomic mass is 10.1. The van der Waals surface area contributed by atoms with Gasteiger partial charge < -0.3 is 15.1 Å². The van der Waals surface area contributed by atoms with Crippen LogP contribution >= 0.6 is 0 Å². The first-order chi connectivity index (χ1) is 11.5. The Kier molecular flexibility index (Phi) is 5.86. The van der Waals surface area contributed by atoms with E-state index >= 15 is 0 Å². The fourth-order valence-electron chi connectivity index (χ4n) is 2.26. The molecule has 1 amide bonds. The van der Waals surface area contributed by atoms with Gasteiger partial charge >= 0.3 is 0 Å². The van der Waals surface area contributed by atoms with Gasteiger partial charge in [-0.1, -0.05) is 30.0 Å². The van der Waals surface area contributed by atoms with E-state index in [4.69, 9.17) is 0 Å². The number of hydrogen-bond donors (Lipinski definition) is 1. The van der Waals surface area contributed by atoms with Gasteiger partial charge in [-0.15, -0.1) is 0 Å². The van der Waals surface area contributed by atoms with Crippen molar-refractivity contribution < 1.29 is 4.79 Å². The summed E-state index contributed by atoms with van der Waals surface area (Å²) in [5.41, 5.74) is 3.65. The van der Waals surface area contributed by atoms with E-state index in [1.165, 1.54) is 0 Å². The van der Waals surface area contributed by atoms with Gasteiger partial charge in [-0.05, 0) is 30.3 Å². The van der Waals surface area contributed by atoms with E-state index < -0.39 is 0 Å². The predicted octanol–water partition coefficient (Wildman–Crippen LogP) is 2.60. The highest BCUT2D eigenvalue weighted by Gasteiger charge is 2.05. The Labute approximate surface area is 144 Å². The molecule has 0 saturated carbocycles. The molecule has 0 radical (unpaired) electrons. The van der Waals surface area contributed by atoms with Crippen LogP contribution in [0.2, 0.25) is 0 Å². The van der Waals surface area contributed by atoms with Crippen LogP contribution in [-0.4, -0.2) is 40.6 Å². The summed E-state index contributed by atoms with van der Waals surface area (Å²) in [6, 6.07) is 15.5. The van der Waals surface area contributed by atoms with Gasteiger partial charge in [0.2, 0.25) is 0 Å². The Morgan fingerprint density at radius 3 is 2.46 bits per heavy atom. The van der Waals surface area contributed by atoms with Gasteiger partial charge in [0.25, 0.3) is 5.91 Å². The second-order valence-electron chi connectivity index (χ2n) is 5.84. The fourth-order valence-corrected chi connectivity index (χ4v) is 2.26. The highest BCUT2D eigenvalue weighted by atomic mass is 16.1. The quantitative estimate of drug-likeness (QED) is 0.879. The summed E-state index contributed by atoms with van der Waals surface area (Å²) in [4.78, 5) is 16.2. The maximum absolute atomic E-state index is 12.2. The van der Waals surface area contributed by atoms with Crippen molar-refractivity contribution >= 4 is 17.3 Å². The number of para-hydroxylation sites is 1. The normalized spacial score (nSPS) is 9.67. The third-order valence-electron chi connectivity index (χ3n) is 3.57. The van der Waals surface area contributed by atoms with Crippen molar-refractivity contribution in [1.29, 1.82) is 0 Å². The average Bonchev–Trinajstić information content (AvgIpc) is 2.58. The summed E-state index contributed by atoms with van der Waals surface area (Å²) in [5.74, 6) is 6.02. The molecule has 0 aromatic heterocycles. The molecule has 0 spiro atoms. The molecule has 0 saturated heterocycles. The van der Waals surface area contributed by atoms with Crippen LogP contribution in [0, 0.1) is 11.8 Å². The summed E-state index contributed by atoms with van der Waals surface area (Å²) in [5, 5.41) is 2.84. The number of carbonyl (C=O) groups is 1. The summed E-state index contributed by atoms with van der Waals surface area (Å²) in [6.07, 6.45) is 0. The molecule has 2 aromatic rings. The highest BCUT2D eigenvalue weighted by Crippen LogP contribution is 2.16. The van der Waals surface area contributed by atoms with Crippen molar-refractivity contribution in [2.24, 2.45) is 0 Å². The molecule has 1 N–H and O–H groups in total. The Hall–Kier alpha value is -2.93. The molecule has 0 fully saturated rings. The summed E-state index contributed by atoms with van der Waals surface area (Å²) < 4.78 is 0. The van der Waals surface area contributed by atoms with E-state index in [0.717, 1.165) is 16.9 Å². The highest BCUT2D eigenvalue weighted by molar-refractivity contribution is 5.95. The zero-order chi connectivity index (χ0) is 17.5. The molecular weight excluding hydrogens is 298 g/mol. The van der Waals surface area contributed by atoms with Gasteiger partial charge in [0.1, 0.15) is 0 Å². The monoisotopic (exact) mass is 321 g/mol. The molecule has 0 atom stereocenters. The summed E-state index contributed by atoms with van der Waals surface area (Å²) in [7, 11) is 7.87. The van der Waals surface area contributed by atoms with E-state index in [2.05, 4.69) is 17.2 Å². The fraction of sp³-hybridized carbons (Fsp3) is 0.250. The second kappa shape index (κ2) is 8.07. The maximum atomic E-state index is 12.2. The Morgan fingerprint density at radius 1 is 1.00 bits per heavy atom. The SMILES string of the molecule is CN(C)c1cccc(C(=O)NCC#Cc2ccccc2N(C)C)c1. The molecule has 0 aliphatic rings. The minimum atomic E-state index is -0.117. The zero-order valence-electron chi connectivity index (χ0n) is 14.6. The van der Waals surface area contributed by atoms with Crippen molar-refractivity contribution in [1.82, 2.24) is 5.32 Å². The van der Waals surface area contributed by atoms with Crippen molar-refractivity contribution in [3.8, 4) is 11.8 Å². The van der Waals surface area contributed by atoms with Crippen molar-refractivity contribution in [2.45, 2.75) is 0 Å². The Bertz CT molecular complexity index is 770. The molecule has 0 bridgehead atoms. The van der Waals surface area contributed by atoms with Crippen LogP contribution in [-0.2, 0) is 0 Å². The molecule has 2 aromatic carbocycles. The number of nitrogens with zero attached hydrogens (tertiary/aromatic N) is 2. The van der Waals surface area contributed by atoms with E-state index in [1.807, 2.05) is 80.5 Å². The number of nitrogens with one attached hydrogen (secondary N) is 1. The predicted molar refractivity (Wildman–Crippen MR) is 101 cm³/mol. The molecule has 4 nitrogen and oxygen atoms in total. The van der Waals surface area contributed by atoms with Crippen LogP contribution in [0.4, 0.5) is 11.4 Å². The van der Waals surface area contributed by atoms with Gasteiger partial charge in [-0.3, -0.25) is 4.79 Å². The first kappa shape index (κ1) is 17.4. The van der Waals surface area contributed by atoms with E-state index in [1.54, 1.807) is 6.07 Å². The third kappa shape index (κ3) is 4.53. The van der Waals surface area contributed by atoms with Gasteiger partial charge in [0.05, 0.1) is 12.2 Å². The maximum Gasteiger partial charge on any atom is 0.252 e. The molecule has 0 heterocycles. The molecule has 124 valence electrons. The molecular formula is C20H23N3O. The smallest absolute Gasteiger partial charge is 0.252 e. The van der Waals surface area contributed by atoms with Crippen molar-refractivity contribution in [3.05, 3.63) is 59.7 Å². The summed E-state index contributed by atoms with van der Waals surface area (Å²) in [6.45, 7) is 0.312. The lowest BCUT2D eigenvalue weighted by Gasteiger charge is -2.14. The zero-order valence-corrected chi connectivity index (χ0v) is 14.6. The Balaban J connectivity index is 2.01. The van der Waals surface area contributed by atoms with E-state index in [0.29, 0.717) is 12.1 Å². The lowest BCUT2D eigenvalue weighted by Crippen LogP contribution is -2.24. The first-order valence-corrected chi connectivity index (χ1v) is 7.80. The minimum Gasteiger partial charge on any atom is -0.378 e. The summed E-state index contributed by atoms with van der Waals surface area (Å²) >= 11 is 0. The van der Waals surface area contributed by atoms with Gasteiger partial charge in [0, 0.05) is 45.0 Å². The Morgan fingerprint density at radius 2 is 1.75 bits per heavy atom. The first-order valence-electron chi connectivity index (χ1n) is 7.80. The van der Waals surface area contributed by atoms with Crippen LogP contribution in [0.3, 0.4) is 0 Å². The third-order valence-corrected chi connectivity index (χ3v) is 3.57. The largest absolute Gasteiger partial charge is 0.378 e. The number of anilines is 2. The van der Waals surface area contributed by atoms with Crippen LogP contribution in [0.5, 0.6) is 0 Å². The van der Waals surface area contributed by atoms with Crippen molar-refractivity contribution in [2.75, 3.05) is 44.5 Å². The number of amides is 1. The number of hydrogen-bond acceptors (Lipinski definition) is 3. The van der Waals surface area contributed by atoms with E-state index in [-0.39, 0.29) is 5.91 Å². The number of benzene rings is 2. The average molecular weight is 321 g/mol. The standard InChI is InChI=1S/C20H23N3O/c1-22(2)18-12-7-10-17(15-18)20(24)21-14-8-11-16-9-5-6-13-19(16)23(3)4/h5-7,9-10,12-13,15H,14H2,1-4H3,(H,21,24). The molecule has 4 heteroatoms. The van der Waals surface area contributed by atoms with Crippen LogP contribution < -0.4 is 15.1 Å². The van der Waals surface area contributed by atoms with Crippen LogP contribution in [0.25, 0.3) is 0 Å². The molecule has 2 rings (SSSR count). The second-order valence-corrected chi connectivity index (χ2v) is 5.84. The molecule has 24 heavy (non-hydrogen) atoms. The lowest BCUT2D eigenvalue weighted by molar-refractivity contribution is 0.0958. The van der Waals surface area contributed by atoms with Crippen molar-refractivity contribution in [3.63, 3.8) is 0 Å². The number of carbonyl (C=O) groups excluding carboxylic acids is 1. The minimum absolute atomic E-state index is 0.117. The number of rotatable bonds is 4. The molecule has 0 unspecified atom stereocenters.